The molecule has 1 saturated heterocycles. The third-order valence-corrected chi connectivity index (χ3v) is 4.89. The van der Waals surface area contributed by atoms with Crippen LogP contribution in [0.3, 0.4) is 0 Å². The Bertz CT molecular complexity index is 649. The number of anilines is 1. The number of benzene rings is 1. The first-order valence-corrected chi connectivity index (χ1v) is 8.51. The Balaban J connectivity index is 2.06. The van der Waals surface area contributed by atoms with Crippen molar-refractivity contribution in [1.82, 2.24) is 4.98 Å². The van der Waals surface area contributed by atoms with Crippen LogP contribution in [0, 0.1) is 6.92 Å². The molecule has 0 unspecified atom stereocenters. The van der Waals surface area contributed by atoms with Gasteiger partial charge in [-0.3, -0.25) is 4.98 Å². The van der Waals surface area contributed by atoms with Gasteiger partial charge in [0, 0.05) is 35.7 Å². The quantitative estimate of drug-likeness (QED) is 0.742. The molecule has 1 fully saturated rings. The van der Waals surface area contributed by atoms with E-state index >= 15 is 0 Å². The standard InChI is InChI=1S/C17H20Cl2N2/c1-12-14(7-8-18)17(19)15-11-13(5-6-16(15)20-12)21-9-3-2-4-10-21/h5-6,11H,2-4,7-10H2,1H3. The lowest BCUT2D eigenvalue weighted by molar-refractivity contribution is 0.578. The van der Waals surface area contributed by atoms with Crippen molar-refractivity contribution in [2.75, 3.05) is 23.9 Å². The molecule has 0 amide bonds. The summed E-state index contributed by atoms with van der Waals surface area (Å²) < 4.78 is 0. The molecular formula is C17H20Cl2N2. The highest BCUT2D eigenvalue weighted by atomic mass is 35.5. The molecule has 4 heteroatoms. The molecule has 1 aliphatic rings. The molecule has 3 rings (SSSR count). The smallest absolute Gasteiger partial charge is 0.0721 e. The molecule has 0 atom stereocenters. The van der Waals surface area contributed by atoms with Gasteiger partial charge in [0.25, 0.3) is 0 Å². The van der Waals surface area contributed by atoms with Gasteiger partial charge in [-0.05, 0) is 56.4 Å². The van der Waals surface area contributed by atoms with Crippen LogP contribution in [-0.2, 0) is 6.42 Å². The van der Waals surface area contributed by atoms with E-state index in [4.69, 9.17) is 23.2 Å². The maximum Gasteiger partial charge on any atom is 0.0721 e. The molecule has 0 saturated carbocycles. The molecule has 1 aromatic heterocycles. The summed E-state index contributed by atoms with van der Waals surface area (Å²) in [6.45, 7) is 4.28. The average Bonchev–Trinajstić information content (AvgIpc) is 2.52. The van der Waals surface area contributed by atoms with Crippen molar-refractivity contribution in [1.29, 1.82) is 0 Å². The van der Waals surface area contributed by atoms with E-state index in [1.54, 1.807) is 0 Å². The number of fused-ring (bicyclic) bond motifs is 1. The van der Waals surface area contributed by atoms with Gasteiger partial charge in [-0.25, -0.2) is 0 Å². The molecule has 0 radical (unpaired) electrons. The fourth-order valence-corrected chi connectivity index (χ4v) is 3.67. The molecule has 2 aromatic rings. The third-order valence-electron chi connectivity index (χ3n) is 4.27. The molecular weight excluding hydrogens is 303 g/mol. The lowest BCUT2D eigenvalue weighted by Crippen LogP contribution is -2.29. The number of rotatable bonds is 3. The van der Waals surface area contributed by atoms with Gasteiger partial charge < -0.3 is 4.90 Å². The topological polar surface area (TPSA) is 16.1 Å². The summed E-state index contributed by atoms with van der Waals surface area (Å²) in [5.74, 6) is 0.569. The van der Waals surface area contributed by atoms with Crippen LogP contribution in [0.15, 0.2) is 18.2 Å². The van der Waals surface area contributed by atoms with Crippen LogP contribution in [-0.4, -0.2) is 24.0 Å². The highest BCUT2D eigenvalue weighted by Crippen LogP contribution is 2.32. The van der Waals surface area contributed by atoms with Gasteiger partial charge >= 0.3 is 0 Å². The van der Waals surface area contributed by atoms with E-state index in [1.165, 1.54) is 24.9 Å². The zero-order valence-corrected chi connectivity index (χ0v) is 13.8. The minimum atomic E-state index is 0.569. The van der Waals surface area contributed by atoms with Gasteiger partial charge in [-0.15, -0.1) is 11.6 Å². The average molecular weight is 323 g/mol. The van der Waals surface area contributed by atoms with Gasteiger partial charge in [-0.1, -0.05) is 11.6 Å². The molecule has 1 aliphatic heterocycles. The summed E-state index contributed by atoms with van der Waals surface area (Å²) in [7, 11) is 0. The molecule has 112 valence electrons. The zero-order valence-electron chi connectivity index (χ0n) is 12.3. The van der Waals surface area contributed by atoms with E-state index in [1.807, 2.05) is 6.92 Å². The number of aromatic nitrogens is 1. The van der Waals surface area contributed by atoms with E-state index in [0.29, 0.717) is 5.88 Å². The van der Waals surface area contributed by atoms with E-state index in [-0.39, 0.29) is 0 Å². The Hall–Kier alpha value is -0.990. The van der Waals surface area contributed by atoms with Gasteiger partial charge in [0.05, 0.1) is 10.5 Å². The molecule has 0 spiro atoms. The van der Waals surface area contributed by atoms with E-state index < -0.39 is 0 Å². The number of pyridine rings is 1. The van der Waals surface area contributed by atoms with Crippen LogP contribution >= 0.6 is 23.2 Å². The fourth-order valence-electron chi connectivity index (χ4n) is 3.10. The third kappa shape index (κ3) is 2.97. The maximum absolute atomic E-state index is 6.62. The second kappa shape index (κ2) is 6.41. The predicted octanol–water partition coefficient (Wildman–Crippen LogP) is 4.97. The van der Waals surface area contributed by atoms with E-state index in [9.17, 15) is 0 Å². The SMILES string of the molecule is Cc1nc2ccc(N3CCCCC3)cc2c(Cl)c1CCCl. The first kappa shape index (κ1) is 14.9. The Morgan fingerprint density at radius 1 is 1.19 bits per heavy atom. The van der Waals surface area contributed by atoms with Crippen LogP contribution in [0.2, 0.25) is 5.02 Å². The summed E-state index contributed by atoms with van der Waals surface area (Å²) in [4.78, 5) is 7.12. The minimum absolute atomic E-state index is 0.569. The molecule has 2 nitrogen and oxygen atoms in total. The molecule has 1 aromatic carbocycles. The molecule has 21 heavy (non-hydrogen) atoms. The van der Waals surface area contributed by atoms with Crippen LogP contribution in [0.5, 0.6) is 0 Å². The number of hydrogen-bond donors (Lipinski definition) is 0. The van der Waals surface area contributed by atoms with Crippen molar-refractivity contribution in [3.63, 3.8) is 0 Å². The maximum atomic E-state index is 6.62. The van der Waals surface area contributed by atoms with Crippen molar-refractivity contribution < 1.29 is 0 Å². The number of hydrogen-bond acceptors (Lipinski definition) is 2. The predicted molar refractivity (Wildman–Crippen MR) is 92.0 cm³/mol. The second-order valence-electron chi connectivity index (χ2n) is 5.68. The molecule has 0 aliphatic carbocycles. The van der Waals surface area contributed by atoms with Crippen molar-refractivity contribution in [3.05, 3.63) is 34.5 Å². The normalized spacial score (nSPS) is 15.7. The van der Waals surface area contributed by atoms with Crippen molar-refractivity contribution >= 4 is 39.8 Å². The first-order chi connectivity index (χ1) is 10.2. The summed E-state index contributed by atoms with van der Waals surface area (Å²) >= 11 is 12.5. The van der Waals surface area contributed by atoms with Crippen molar-refractivity contribution in [2.24, 2.45) is 0 Å². The molecule has 2 heterocycles. The second-order valence-corrected chi connectivity index (χ2v) is 6.43. The number of aryl methyl sites for hydroxylation is 1. The molecule has 0 N–H and O–H groups in total. The summed E-state index contributed by atoms with van der Waals surface area (Å²) in [5.41, 5.74) is 4.29. The molecule has 0 bridgehead atoms. The van der Waals surface area contributed by atoms with Crippen molar-refractivity contribution in [2.45, 2.75) is 32.6 Å². The van der Waals surface area contributed by atoms with Crippen molar-refractivity contribution in [3.8, 4) is 0 Å². The van der Waals surface area contributed by atoms with Gasteiger partial charge in [-0.2, -0.15) is 0 Å². The fraction of sp³-hybridized carbons (Fsp3) is 0.471. The van der Waals surface area contributed by atoms with Gasteiger partial charge in [0.1, 0.15) is 0 Å². The Kier molecular flexibility index (Phi) is 4.56. The minimum Gasteiger partial charge on any atom is -0.372 e. The summed E-state index contributed by atoms with van der Waals surface area (Å²) in [6, 6.07) is 6.44. The highest BCUT2D eigenvalue weighted by Gasteiger charge is 2.15. The number of piperidine rings is 1. The Morgan fingerprint density at radius 2 is 1.95 bits per heavy atom. The van der Waals surface area contributed by atoms with Crippen LogP contribution in [0.25, 0.3) is 10.9 Å². The number of alkyl halides is 1. The zero-order chi connectivity index (χ0) is 14.8. The highest BCUT2D eigenvalue weighted by molar-refractivity contribution is 6.36. The number of halogens is 2. The summed E-state index contributed by atoms with van der Waals surface area (Å²) in [5, 5.41) is 1.86. The van der Waals surface area contributed by atoms with E-state index in [2.05, 4.69) is 28.1 Å². The number of nitrogens with zero attached hydrogens (tertiary/aromatic N) is 2. The summed E-state index contributed by atoms with van der Waals surface area (Å²) in [6.07, 6.45) is 4.65. The Labute approximate surface area is 136 Å². The largest absolute Gasteiger partial charge is 0.372 e. The van der Waals surface area contributed by atoms with Crippen LogP contribution < -0.4 is 4.90 Å². The van der Waals surface area contributed by atoms with Gasteiger partial charge in [0.15, 0.2) is 0 Å². The Morgan fingerprint density at radius 3 is 2.67 bits per heavy atom. The van der Waals surface area contributed by atoms with E-state index in [0.717, 1.165) is 46.7 Å². The lowest BCUT2D eigenvalue weighted by Gasteiger charge is -2.29. The monoisotopic (exact) mass is 322 g/mol. The van der Waals surface area contributed by atoms with Gasteiger partial charge in [0.2, 0.25) is 0 Å². The lowest BCUT2D eigenvalue weighted by atomic mass is 10.1. The van der Waals surface area contributed by atoms with Crippen LogP contribution in [0.4, 0.5) is 5.69 Å². The first-order valence-electron chi connectivity index (χ1n) is 7.60. The van der Waals surface area contributed by atoms with Crippen LogP contribution in [0.1, 0.15) is 30.5 Å².